The molecule has 0 saturated carbocycles. The van der Waals surface area contributed by atoms with Crippen molar-refractivity contribution in [1.82, 2.24) is 19.9 Å². The van der Waals surface area contributed by atoms with E-state index in [4.69, 9.17) is 8.83 Å². The van der Waals surface area contributed by atoms with E-state index < -0.39 is 10.9 Å². The smallest absolute Gasteiger partial charge is 0.197 e. The summed E-state index contributed by atoms with van der Waals surface area (Å²) in [7, 11) is 2.08. The number of nitrogens with zero attached hydrogens (tertiary/aromatic N) is 2. The van der Waals surface area contributed by atoms with Crippen molar-refractivity contribution in [2.75, 3.05) is 0 Å². The minimum Gasteiger partial charge on any atom is -0.448 e. The van der Waals surface area contributed by atoms with Gasteiger partial charge in [-0.3, -0.25) is 19.2 Å². The monoisotopic (exact) mass is 582 g/mol. The van der Waals surface area contributed by atoms with Crippen LogP contribution in [0.1, 0.15) is 85.1 Å². The van der Waals surface area contributed by atoms with Crippen molar-refractivity contribution in [3.05, 3.63) is 68.3 Å². The average Bonchev–Trinajstić information content (AvgIpc) is 3.62. The number of H-pyrrole nitrogens is 2. The zero-order valence-corrected chi connectivity index (χ0v) is 23.9. The zero-order chi connectivity index (χ0) is 28.5. The Morgan fingerprint density at radius 3 is 1.52 bits per heavy atom. The van der Waals surface area contributed by atoms with Crippen molar-refractivity contribution >= 4 is 34.2 Å². The molecule has 2 N–H and O–H groups in total. The van der Waals surface area contributed by atoms with Crippen LogP contribution in [0.4, 0.5) is 0 Å². The lowest BCUT2D eigenvalue weighted by molar-refractivity contribution is 0.111. The summed E-state index contributed by atoms with van der Waals surface area (Å²) in [5, 5.41) is 0. The summed E-state index contributed by atoms with van der Waals surface area (Å²) in [6.45, 7) is 4.21. The van der Waals surface area contributed by atoms with Crippen molar-refractivity contribution < 1.29 is 18.4 Å². The van der Waals surface area contributed by atoms with E-state index in [9.17, 15) is 19.2 Å². The lowest BCUT2D eigenvalue weighted by atomic mass is 10.2. The number of nitrogens with one attached hydrogen (secondary N) is 2. The summed E-state index contributed by atoms with van der Waals surface area (Å²) in [5.74, 6) is 1.07. The highest BCUT2D eigenvalue weighted by atomic mass is 33.1. The minimum absolute atomic E-state index is 0.0944. The number of aryl methyl sites for hydroxylation is 2. The summed E-state index contributed by atoms with van der Waals surface area (Å²) in [6.07, 6.45) is 11.4. The molecule has 0 aromatic carbocycles. The molecule has 4 aromatic heterocycles. The van der Waals surface area contributed by atoms with E-state index in [2.05, 4.69) is 33.8 Å². The van der Waals surface area contributed by atoms with Gasteiger partial charge in [-0.2, -0.15) is 0 Å². The Morgan fingerprint density at radius 2 is 1.15 bits per heavy atom. The largest absolute Gasteiger partial charge is 0.448 e. The molecular formula is C28H30N4O6S2. The second kappa shape index (κ2) is 14.1. The molecule has 4 heterocycles. The van der Waals surface area contributed by atoms with Crippen LogP contribution >= 0.6 is 21.6 Å². The van der Waals surface area contributed by atoms with Crippen molar-refractivity contribution in [1.29, 1.82) is 0 Å². The number of carbonyl (C=O) groups excluding carboxylic acids is 2. The van der Waals surface area contributed by atoms with Crippen molar-refractivity contribution in [2.45, 2.75) is 75.0 Å². The maximum Gasteiger partial charge on any atom is 0.197 e. The first-order valence-electron chi connectivity index (χ1n) is 13.2. The predicted octanol–water partition coefficient (Wildman–Crippen LogP) is 6.26. The van der Waals surface area contributed by atoms with Gasteiger partial charge in [-0.15, -0.1) is 0 Å². The molecule has 0 unspecified atom stereocenters. The fourth-order valence-electron chi connectivity index (χ4n) is 4.00. The van der Waals surface area contributed by atoms with E-state index in [1.165, 1.54) is 24.7 Å². The number of rotatable bonds is 15. The molecule has 210 valence electrons. The molecule has 0 saturated heterocycles. The number of aromatic amines is 2. The fraction of sp³-hybridized carbons (Fsp3) is 0.357. The number of hydrogen-bond donors (Lipinski definition) is 2. The fourth-order valence-corrected chi connectivity index (χ4v) is 6.42. The Balaban J connectivity index is 1.67. The number of unbranched alkanes of at least 4 members (excludes halogenated alkanes) is 4. The van der Waals surface area contributed by atoms with Gasteiger partial charge in [0.1, 0.15) is 23.9 Å². The van der Waals surface area contributed by atoms with Crippen LogP contribution in [0.3, 0.4) is 0 Å². The van der Waals surface area contributed by atoms with Gasteiger partial charge in [0.25, 0.3) is 0 Å². The summed E-state index contributed by atoms with van der Waals surface area (Å²) in [5.41, 5.74) is 0.772. The molecule has 40 heavy (non-hydrogen) atoms. The topological polar surface area (TPSA) is 152 Å². The third-order valence-electron chi connectivity index (χ3n) is 6.08. The average molecular weight is 583 g/mol. The SMILES string of the molecule is CCCCCc1nc(-c2[nH]c(C=O)cc(=O)c2SSc2c(-c3coc(CCCCC)n3)[nH]c(C=O)cc2=O)co1. The lowest BCUT2D eigenvalue weighted by Gasteiger charge is -2.09. The number of aldehydes is 2. The molecule has 0 spiro atoms. The van der Waals surface area contributed by atoms with Gasteiger partial charge in [-0.25, -0.2) is 9.97 Å². The molecule has 0 fully saturated rings. The first kappa shape index (κ1) is 29.3. The number of hydrogen-bond acceptors (Lipinski definition) is 10. The van der Waals surface area contributed by atoms with Crippen LogP contribution < -0.4 is 10.9 Å². The van der Waals surface area contributed by atoms with Gasteiger partial charge in [0.05, 0.1) is 32.6 Å². The van der Waals surface area contributed by atoms with Gasteiger partial charge in [-0.1, -0.05) is 39.5 Å². The molecular weight excluding hydrogens is 552 g/mol. The van der Waals surface area contributed by atoms with Crippen molar-refractivity contribution in [3.63, 3.8) is 0 Å². The first-order valence-corrected chi connectivity index (χ1v) is 15.3. The third kappa shape index (κ3) is 7.11. The van der Waals surface area contributed by atoms with Gasteiger partial charge >= 0.3 is 0 Å². The van der Waals surface area contributed by atoms with Crippen LogP contribution in [-0.2, 0) is 12.8 Å². The molecule has 4 aromatic rings. The van der Waals surface area contributed by atoms with Gasteiger partial charge in [0.2, 0.25) is 0 Å². The zero-order valence-electron chi connectivity index (χ0n) is 22.3. The molecule has 0 aliphatic rings. The predicted molar refractivity (Wildman–Crippen MR) is 154 cm³/mol. The number of pyridine rings is 2. The Bertz CT molecular complexity index is 1470. The molecule has 0 aliphatic heterocycles. The Morgan fingerprint density at radius 1 is 0.725 bits per heavy atom. The summed E-state index contributed by atoms with van der Waals surface area (Å²) >= 11 is 0. The quantitative estimate of drug-likeness (QED) is 0.0932. The van der Waals surface area contributed by atoms with E-state index >= 15 is 0 Å². The Kier molecular flexibility index (Phi) is 10.4. The molecule has 10 nitrogen and oxygen atoms in total. The second-order valence-electron chi connectivity index (χ2n) is 9.16. The van der Waals surface area contributed by atoms with Crippen LogP contribution in [-0.4, -0.2) is 32.5 Å². The van der Waals surface area contributed by atoms with Crippen LogP contribution in [0.15, 0.2) is 52.9 Å². The third-order valence-corrected chi connectivity index (χ3v) is 8.56. The maximum atomic E-state index is 13.1. The standard InChI is InChI=1S/C28H30N4O6S2/c1-3-5-7-9-23-31-19(15-37-23)25-27(21(35)11-17(13-33)29-25)39-40-28-22(36)12-18(14-34)30-26(28)20-16-38-24(32-20)10-8-6-4-2/h11-16H,3-10H2,1-2H3,(H,29,35)(H,30,36). The molecule has 4 rings (SSSR count). The van der Waals surface area contributed by atoms with Crippen molar-refractivity contribution in [3.8, 4) is 22.8 Å². The highest BCUT2D eigenvalue weighted by Gasteiger charge is 2.21. The number of aromatic nitrogens is 4. The van der Waals surface area contributed by atoms with E-state index in [0.29, 0.717) is 60.0 Å². The first-order chi connectivity index (χ1) is 19.5. The lowest BCUT2D eigenvalue weighted by Crippen LogP contribution is -2.11. The van der Waals surface area contributed by atoms with Crippen LogP contribution in [0.2, 0.25) is 0 Å². The highest BCUT2D eigenvalue weighted by Crippen LogP contribution is 2.41. The van der Waals surface area contributed by atoms with E-state index in [1.54, 1.807) is 0 Å². The molecule has 12 heteroatoms. The normalized spacial score (nSPS) is 11.2. The summed E-state index contributed by atoms with van der Waals surface area (Å²) < 4.78 is 11.2. The molecule has 0 radical (unpaired) electrons. The van der Waals surface area contributed by atoms with Gasteiger partial charge in [0.15, 0.2) is 35.2 Å². The second-order valence-corrected chi connectivity index (χ2v) is 11.3. The highest BCUT2D eigenvalue weighted by molar-refractivity contribution is 8.76. The molecule has 0 bridgehead atoms. The van der Waals surface area contributed by atoms with Gasteiger partial charge in [0, 0.05) is 25.0 Å². The van der Waals surface area contributed by atoms with Crippen LogP contribution in [0.5, 0.6) is 0 Å². The van der Waals surface area contributed by atoms with Crippen molar-refractivity contribution in [2.24, 2.45) is 0 Å². The van der Waals surface area contributed by atoms with Crippen LogP contribution in [0.25, 0.3) is 22.8 Å². The minimum atomic E-state index is -0.411. The summed E-state index contributed by atoms with van der Waals surface area (Å²) in [6, 6.07) is 2.39. The molecule has 0 atom stereocenters. The van der Waals surface area contributed by atoms with E-state index in [-0.39, 0.29) is 21.2 Å². The van der Waals surface area contributed by atoms with Gasteiger partial charge < -0.3 is 18.8 Å². The van der Waals surface area contributed by atoms with E-state index in [0.717, 1.165) is 60.1 Å². The Labute approximate surface area is 238 Å². The maximum absolute atomic E-state index is 13.1. The number of oxazole rings is 2. The molecule has 0 amide bonds. The molecule has 0 aliphatic carbocycles. The summed E-state index contributed by atoms with van der Waals surface area (Å²) in [4.78, 5) is 64.6. The van der Waals surface area contributed by atoms with Crippen LogP contribution in [0, 0.1) is 0 Å². The van der Waals surface area contributed by atoms with E-state index in [1.807, 2.05) is 0 Å². The van der Waals surface area contributed by atoms with Gasteiger partial charge in [-0.05, 0) is 34.4 Å². The Hall–Kier alpha value is -3.64. The number of carbonyl (C=O) groups is 2.